The Kier molecular flexibility index (Phi) is 11.5. The molecule has 0 atom stereocenters. The Morgan fingerprint density at radius 1 is 0.956 bits per heavy atom. The minimum Gasteiger partial charge on any atom is -0.497 e. The summed E-state index contributed by atoms with van der Waals surface area (Å²) < 4.78 is 18.1. The lowest BCUT2D eigenvalue weighted by Gasteiger charge is -2.26. The zero-order valence-corrected chi connectivity index (χ0v) is 27.2. The topological polar surface area (TPSA) is 103 Å². The molecule has 0 spiro atoms. The van der Waals surface area contributed by atoms with Gasteiger partial charge in [-0.15, -0.1) is 0 Å². The molecule has 11 heteroatoms. The van der Waals surface area contributed by atoms with E-state index in [0.29, 0.717) is 52.2 Å². The summed E-state index contributed by atoms with van der Waals surface area (Å²) in [5, 5.41) is 7.88. The molecule has 0 radical (unpaired) electrons. The van der Waals surface area contributed by atoms with Gasteiger partial charge >= 0.3 is 0 Å². The van der Waals surface area contributed by atoms with Crippen molar-refractivity contribution >= 4 is 34.3 Å². The van der Waals surface area contributed by atoms with Gasteiger partial charge in [0.05, 0.1) is 32.5 Å². The van der Waals surface area contributed by atoms with Crippen LogP contribution in [0, 0.1) is 0 Å². The summed E-state index contributed by atoms with van der Waals surface area (Å²) in [6, 6.07) is 13.6. The number of pyridine rings is 1. The number of halogens is 1. The SMILES string of the molecule is CCCCNc1ccc(CCn2c(=O)c(-c3cc(OC)cc(OC)c3Cl)cc3cnc(NCCCN4CCOCC4)nc32)cc1. The maximum Gasteiger partial charge on any atom is 0.260 e. The molecule has 240 valence electrons. The number of nitrogens with zero attached hydrogens (tertiary/aromatic N) is 4. The molecule has 0 amide bonds. The third kappa shape index (κ3) is 8.25. The minimum absolute atomic E-state index is 0.200. The number of aryl methyl sites for hydroxylation is 2. The van der Waals surface area contributed by atoms with Gasteiger partial charge in [0.25, 0.3) is 5.56 Å². The molecule has 0 bridgehead atoms. The lowest BCUT2D eigenvalue weighted by Crippen LogP contribution is -2.37. The number of anilines is 2. The number of morpholine rings is 1. The second kappa shape index (κ2) is 15.9. The van der Waals surface area contributed by atoms with Crippen LogP contribution in [0.2, 0.25) is 5.02 Å². The molecule has 3 heterocycles. The first-order valence-corrected chi connectivity index (χ1v) is 16.1. The van der Waals surface area contributed by atoms with Crippen LogP contribution in [0.25, 0.3) is 22.2 Å². The van der Waals surface area contributed by atoms with Crippen LogP contribution in [-0.2, 0) is 17.7 Å². The van der Waals surface area contributed by atoms with Crippen molar-refractivity contribution in [1.29, 1.82) is 0 Å². The number of hydrogen-bond acceptors (Lipinski definition) is 9. The summed E-state index contributed by atoms with van der Waals surface area (Å²) in [6.07, 6.45) is 5.63. The number of benzene rings is 2. The van der Waals surface area contributed by atoms with Crippen molar-refractivity contribution in [2.24, 2.45) is 0 Å². The molecule has 1 aliphatic rings. The number of hydrogen-bond donors (Lipinski definition) is 2. The predicted molar refractivity (Wildman–Crippen MR) is 181 cm³/mol. The zero-order chi connectivity index (χ0) is 31.6. The standard InChI is InChI=1S/C34H43ClN6O4/c1-4-5-12-36-26-9-7-24(8-10-26)11-15-41-32-25(23-38-34(39-32)37-13-6-14-40-16-18-45-19-17-40)20-29(33(41)42)28-21-27(43-2)22-30(44-3)31(28)35/h7-10,20-23,36H,4-6,11-19H2,1-3H3,(H,37,38,39). The van der Waals surface area contributed by atoms with Crippen LogP contribution in [0.1, 0.15) is 31.7 Å². The van der Waals surface area contributed by atoms with E-state index in [-0.39, 0.29) is 5.56 Å². The van der Waals surface area contributed by atoms with Gasteiger partial charge in [0, 0.05) is 67.2 Å². The number of aromatic nitrogens is 3. The Labute approximate surface area is 269 Å². The predicted octanol–water partition coefficient (Wildman–Crippen LogP) is 5.72. The summed E-state index contributed by atoms with van der Waals surface area (Å²) in [7, 11) is 3.11. The Balaban J connectivity index is 1.44. The lowest BCUT2D eigenvalue weighted by atomic mass is 10.0. The normalized spacial score (nSPS) is 13.6. The van der Waals surface area contributed by atoms with E-state index in [1.54, 1.807) is 36.1 Å². The Hall–Kier alpha value is -3.86. The van der Waals surface area contributed by atoms with Gasteiger partial charge in [-0.25, -0.2) is 4.98 Å². The second-order valence-corrected chi connectivity index (χ2v) is 11.5. The highest BCUT2D eigenvalue weighted by Crippen LogP contribution is 2.38. The van der Waals surface area contributed by atoms with Gasteiger partial charge in [-0.3, -0.25) is 14.3 Å². The third-order valence-corrected chi connectivity index (χ3v) is 8.45. The molecule has 1 aliphatic heterocycles. The van der Waals surface area contributed by atoms with Crippen molar-refractivity contribution in [3.63, 3.8) is 0 Å². The van der Waals surface area contributed by atoms with E-state index < -0.39 is 0 Å². The molecule has 5 rings (SSSR count). The van der Waals surface area contributed by atoms with Crippen molar-refractivity contribution in [3.8, 4) is 22.6 Å². The van der Waals surface area contributed by atoms with Crippen LogP contribution in [0.5, 0.6) is 11.5 Å². The number of ether oxygens (including phenoxy) is 3. The van der Waals surface area contributed by atoms with Crippen molar-refractivity contribution in [2.45, 2.75) is 39.2 Å². The maximum atomic E-state index is 14.2. The van der Waals surface area contributed by atoms with Crippen molar-refractivity contribution in [2.75, 3.05) is 70.8 Å². The first-order valence-electron chi connectivity index (χ1n) is 15.7. The molecular weight excluding hydrogens is 592 g/mol. The van der Waals surface area contributed by atoms with E-state index in [1.165, 1.54) is 7.11 Å². The molecule has 2 N–H and O–H groups in total. The van der Waals surface area contributed by atoms with Crippen LogP contribution in [0.4, 0.5) is 11.6 Å². The Morgan fingerprint density at radius 2 is 1.73 bits per heavy atom. The number of nitrogens with one attached hydrogen (secondary N) is 2. The fraction of sp³-hybridized carbons (Fsp3) is 0.441. The monoisotopic (exact) mass is 634 g/mol. The van der Waals surface area contributed by atoms with E-state index >= 15 is 0 Å². The lowest BCUT2D eigenvalue weighted by molar-refractivity contribution is 0.0378. The average Bonchev–Trinajstić information content (AvgIpc) is 3.07. The summed E-state index contributed by atoms with van der Waals surface area (Å²) in [6.45, 7) is 8.76. The first-order chi connectivity index (χ1) is 22.0. The molecule has 2 aromatic carbocycles. The molecule has 2 aromatic heterocycles. The van der Waals surface area contributed by atoms with E-state index in [0.717, 1.165) is 81.8 Å². The van der Waals surface area contributed by atoms with Gasteiger partial charge in [-0.2, -0.15) is 4.98 Å². The van der Waals surface area contributed by atoms with E-state index in [1.807, 2.05) is 0 Å². The summed E-state index contributed by atoms with van der Waals surface area (Å²) in [5.41, 5.74) is 3.54. The summed E-state index contributed by atoms with van der Waals surface area (Å²) >= 11 is 6.75. The number of methoxy groups -OCH3 is 2. The smallest absolute Gasteiger partial charge is 0.260 e. The van der Waals surface area contributed by atoms with Crippen molar-refractivity contribution in [1.82, 2.24) is 19.4 Å². The highest BCUT2D eigenvalue weighted by molar-refractivity contribution is 6.35. The molecule has 1 fully saturated rings. The minimum atomic E-state index is -0.200. The molecule has 45 heavy (non-hydrogen) atoms. The first kappa shape index (κ1) is 32.5. The number of fused-ring (bicyclic) bond motifs is 1. The van der Waals surface area contributed by atoms with Gasteiger partial charge in [-0.1, -0.05) is 37.1 Å². The van der Waals surface area contributed by atoms with E-state index in [9.17, 15) is 4.79 Å². The van der Waals surface area contributed by atoms with Gasteiger partial charge in [-0.05, 0) is 55.6 Å². The quantitative estimate of drug-likeness (QED) is 0.159. The second-order valence-electron chi connectivity index (χ2n) is 11.1. The molecule has 0 saturated carbocycles. The fourth-order valence-corrected chi connectivity index (χ4v) is 5.73. The number of rotatable bonds is 15. The Bertz CT molecular complexity index is 1620. The summed E-state index contributed by atoms with van der Waals surface area (Å²) in [5.74, 6) is 1.46. The van der Waals surface area contributed by atoms with Crippen LogP contribution < -0.4 is 25.7 Å². The average molecular weight is 635 g/mol. The largest absolute Gasteiger partial charge is 0.497 e. The van der Waals surface area contributed by atoms with Crippen LogP contribution in [-0.4, -0.2) is 79.6 Å². The summed E-state index contributed by atoms with van der Waals surface area (Å²) in [4.78, 5) is 26.0. The van der Waals surface area contributed by atoms with Crippen molar-refractivity contribution < 1.29 is 14.2 Å². The highest BCUT2D eigenvalue weighted by Gasteiger charge is 2.19. The van der Waals surface area contributed by atoms with Crippen LogP contribution in [0.3, 0.4) is 0 Å². The van der Waals surface area contributed by atoms with E-state index in [2.05, 4.69) is 51.7 Å². The van der Waals surface area contributed by atoms with Gasteiger partial charge in [0.1, 0.15) is 17.1 Å². The zero-order valence-electron chi connectivity index (χ0n) is 26.4. The van der Waals surface area contributed by atoms with Gasteiger partial charge < -0.3 is 24.8 Å². The number of unbranched alkanes of at least 4 members (excludes halogenated alkanes) is 1. The maximum absolute atomic E-state index is 14.2. The molecule has 10 nitrogen and oxygen atoms in total. The van der Waals surface area contributed by atoms with Crippen LogP contribution in [0.15, 0.2) is 53.5 Å². The fourth-order valence-electron chi connectivity index (χ4n) is 5.45. The molecule has 1 saturated heterocycles. The molecule has 4 aromatic rings. The van der Waals surface area contributed by atoms with E-state index in [4.69, 9.17) is 30.8 Å². The molecule has 0 aliphatic carbocycles. The van der Waals surface area contributed by atoms with Gasteiger partial charge in [0.15, 0.2) is 0 Å². The van der Waals surface area contributed by atoms with Crippen molar-refractivity contribution in [3.05, 3.63) is 69.6 Å². The Morgan fingerprint density at radius 3 is 2.47 bits per heavy atom. The third-order valence-electron chi connectivity index (χ3n) is 8.06. The van der Waals surface area contributed by atoms with Crippen LogP contribution >= 0.6 is 11.6 Å². The highest BCUT2D eigenvalue weighted by atomic mass is 35.5. The molecule has 0 unspecified atom stereocenters. The molecular formula is C34H43ClN6O4. The van der Waals surface area contributed by atoms with Gasteiger partial charge in [0.2, 0.25) is 5.95 Å².